The van der Waals surface area contributed by atoms with Crippen molar-refractivity contribution < 1.29 is 4.79 Å². The molecule has 4 heteroatoms. The van der Waals surface area contributed by atoms with E-state index in [0.717, 1.165) is 12.1 Å². The number of benzene rings is 2. The molecule has 106 valence electrons. The predicted molar refractivity (Wildman–Crippen MR) is 84.7 cm³/mol. The molecule has 1 amide bonds. The Morgan fingerprint density at radius 3 is 2.73 bits per heavy atom. The van der Waals surface area contributed by atoms with Gasteiger partial charge in [0.15, 0.2) is 0 Å². The summed E-state index contributed by atoms with van der Waals surface area (Å²) >= 11 is 0. The quantitative estimate of drug-likeness (QED) is 0.615. The first kappa shape index (κ1) is 12.7. The lowest BCUT2D eigenvalue weighted by molar-refractivity contribution is 0.102. The third kappa shape index (κ3) is 2.15. The van der Waals surface area contributed by atoms with Gasteiger partial charge in [-0.05, 0) is 40.8 Å². The maximum atomic E-state index is 12.1. The number of anilines is 1. The number of hydrogen-bond donors (Lipinski definition) is 1. The van der Waals surface area contributed by atoms with Gasteiger partial charge in [-0.1, -0.05) is 30.3 Å². The highest BCUT2D eigenvalue weighted by atomic mass is 16.1. The lowest BCUT2D eigenvalue weighted by atomic mass is 10.1. The Kier molecular flexibility index (Phi) is 2.93. The number of aromatic nitrogens is 2. The van der Waals surface area contributed by atoms with Crippen LogP contribution < -0.4 is 5.32 Å². The first-order valence-electron chi connectivity index (χ1n) is 7.10. The zero-order valence-electron chi connectivity index (χ0n) is 11.8. The summed E-state index contributed by atoms with van der Waals surface area (Å²) in [6.07, 6.45) is 5.46. The van der Waals surface area contributed by atoms with E-state index in [9.17, 15) is 4.79 Å². The predicted octanol–water partition coefficient (Wildman–Crippen LogP) is 3.30. The van der Waals surface area contributed by atoms with Gasteiger partial charge in [0.1, 0.15) is 5.69 Å². The topological polar surface area (TPSA) is 54.9 Å². The van der Waals surface area contributed by atoms with Gasteiger partial charge < -0.3 is 5.32 Å². The van der Waals surface area contributed by atoms with E-state index < -0.39 is 0 Å². The summed E-state index contributed by atoms with van der Waals surface area (Å²) in [5.41, 5.74) is 6.13. The Morgan fingerprint density at radius 1 is 1.00 bits per heavy atom. The van der Waals surface area contributed by atoms with Crippen LogP contribution in [0.15, 0.2) is 61.1 Å². The van der Waals surface area contributed by atoms with Crippen molar-refractivity contribution in [3.8, 4) is 11.1 Å². The Bertz CT molecular complexity index is 859. The SMILES string of the molecule is O=C(Nc1ccc2c(c1)-c1ccccc1C2)c1cnccn1. The van der Waals surface area contributed by atoms with Crippen molar-refractivity contribution in [1.82, 2.24) is 9.97 Å². The molecule has 1 aliphatic carbocycles. The van der Waals surface area contributed by atoms with Crippen LogP contribution in [-0.4, -0.2) is 15.9 Å². The largest absolute Gasteiger partial charge is 0.321 e. The van der Waals surface area contributed by atoms with E-state index in [1.807, 2.05) is 18.2 Å². The summed E-state index contributed by atoms with van der Waals surface area (Å²) in [4.78, 5) is 20.1. The molecule has 4 nitrogen and oxygen atoms in total. The van der Waals surface area contributed by atoms with E-state index in [2.05, 4.69) is 39.6 Å². The van der Waals surface area contributed by atoms with E-state index in [1.165, 1.54) is 34.6 Å². The Labute approximate surface area is 127 Å². The van der Waals surface area contributed by atoms with Crippen LogP contribution in [0.1, 0.15) is 21.6 Å². The van der Waals surface area contributed by atoms with Crippen LogP contribution in [0.5, 0.6) is 0 Å². The van der Waals surface area contributed by atoms with Crippen molar-refractivity contribution in [2.75, 3.05) is 5.32 Å². The molecule has 0 radical (unpaired) electrons. The standard InChI is InChI=1S/C18H13N3O/c22-18(17-11-19-7-8-20-17)21-14-6-5-13-9-12-3-1-2-4-15(12)16(13)10-14/h1-8,10-11H,9H2,(H,21,22). The van der Waals surface area contributed by atoms with Crippen LogP contribution in [0, 0.1) is 0 Å². The highest BCUT2D eigenvalue weighted by Crippen LogP contribution is 2.37. The highest BCUT2D eigenvalue weighted by molar-refractivity contribution is 6.03. The molecule has 2 aromatic carbocycles. The molecule has 1 aliphatic rings. The van der Waals surface area contributed by atoms with Gasteiger partial charge in [0.2, 0.25) is 0 Å². The maximum Gasteiger partial charge on any atom is 0.275 e. The molecule has 0 fully saturated rings. The van der Waals surface area contributed by atoms with Crippen molar-refractivity contribution in [1.29, 1.82) is 0 Å². The van der Waals surface area contributed by atoms with Gasteiger partial charge in [-0.3, -0.25) is 9.78 Å². The van der Waals surface area contributed by atoms with Crippen molar-refractivity contribution in [2.24, 2.45) is 0 Å². The van der Waals surface area contributed by atoms with E-state index in [-0.39, 0.29) is 5.91 Å². The van der Waals surface area contributed by atoms with Gasteiger partial charge in [0.25, 0.3) is 5.91 Å². The molecule has 0 saturated carbocycles. The second-order valence-corrected chi connectivity index (χ2v) is 5.25. The molecule has 22 heavy (non-hydrogen) atoms. The van der Waals surface area contributed by atoms with E-state index >= 15 is 0 Å². The molecule has 0 atom stereocenters. The normalized spacial score (nSPS) is 11.6. The summed E-state index contributed by atoms with van der Waals surface area (Å²) in [5, 5.41) is 2.88. The fourth-order valence-electron chi connectivity index (χ4n) is 2.81. The van der Waals surface area contributed by atoms with Crippen LogP contribution in [0.2, 0.25) is 0 Å². The maximum absolute atomic E-state index is 12.1. The lowest BCUT2D eigenvalue weighted by Crippen LogP contribution is -2.13. The van der Waals surface area contributed by atoms with Gasteiger partial charge >= 0.3 is 0 Å². The van der Waals surface area contributed by atoms with Gasteiger partial charge in [-0.2, -0.15) is 0 Å². The molecule has 0 spiro atoms. The number of nitrogens with zero attached hydrogens (tertiary/aromatic N) is 2. The average molecular weight is 287 g/mol. The Balaban J connectivity index is 1.65. The molecule has 1 heterocycles. The van der Waals surface area contributed by atoms with Crippen molar-refractivity contribution in [3.63, 3.8) is 0 Å². The van der Waals surface area contributed by atoms with E-state index in [1.54, 1.807) is 6.20 Å². The fraction of sp³-hybridized carbons (Fsp3) is 0.0556. The molecule has 0 bridgehead atoms. The lowest BCUT2D eigenvalue weighted by Gasteiger charge is -2.07. The number of nitrogens with one attached hydrogen (secondary N) is 1. The van der Waals surface area contributed by atoms with Crippen molar-refractivity contribution in [3.05, 3.63) is 77.9 Å². The number of rotatable bonds is 2. The van der Waals surface area contributed by atoms with Crippen LogP contribution in [0.3, 0.4) is 0 Å². The zero-order chi connectivity index (χ0) is 14.9. The van der Waals surface area contributed by atoms with Crippen molar-refractivity contribution >= 4 is 11.6 Å². The van der Waals surface area contributed by atoms with E-state index in [0.29, 0.717) is 5.69 Å². The first-order chi connectivity index (χ1) is 10.8. The van der Waals surface area contributed by atoms with Crippen LogP contribution in [0.25, 0.3) is 11.1 Å². The number of carbonyl (C=O) groups is 1. The minimum Gasteiger partial charge on any atom is -0.321 e. The second kappa shape index (κ2) is 5.07. The Hall–Kier alpha value is -3.01. The number of amides is 1. The molecule has 0 unspecified atom stereocenters. The number of fused-ring (bicyclic) bond motifs is 3. The monoisotopic (exact) mass is 287 g/mol. The Morgan fingerprint density at radius 2 is 1.86 bits per heavy atom. The zero-order valence-corrected chi connectivity index (χ0v) is 11.8. The summed E-state index contributed by atoms with van der Waals surface area (Å²) in [6.45, 7) is 0. The minimum atomic E-state index is -0.251. The van der Waals surface area contributed by atoms with Crippen LogP contribution in [0.4, 0.5) is 5.69 Å². The van der Waals surface area contributed by atoms with Crippen LogP contribution in [-0.2, 0) is 6.42 Å². The van der Waals surface area contributed by atoms with Gasteiger partial charge in [0.05, 0.1) is 6.20 Å². The third-order valence-electron chi connectivity index (χ3n) is 3.85. The first-order valence-corrected chi connectivity index (χ1v) is 7.10. The number of carbonyl (C=O) groups excluding carboxylic acids is 1. The van der Waals surface area contributed by atoms with Crippen molar-refractivity contribution in [2.45, 2.75) is 6.42 Å². The van der Waals surface area contributed by atoms with Gasteiger partial charge in [-0.15, -0.1) is 0 Å². The molecular weight excluding hydrogens is 274 g/mol. The average Bonchev–Trinajstić information content (AvgIpc) is 2.94. The van der Waals surface area contributed by atoms with Crippen LogP contribution >= 0.6 is 0 Å². The summed E-state index contributed by atoms with van der Waals surface area (Å²) in [6, 6.07) is 14.4. The minimum absolute atomic E-state index is 0.251. The molecule has 0 saturated heterocycles. The molecule has 0 aliphatic heterocycles. The second-order valence-electron chi connectivity index (χ2n) is 5.25. The van der Waals surface area contributed by atoms with Gasteiger partial charge in [-0.25, -0.2) is 4.98 Å². The summed E-state index contributed by atoms with van der Waals surface area (Å²) in [5.74, 6) is -0.251. The smallest absolute Gasteiger partial charge is 0.275 e. The molecule has 3 aromatic rings. The fourth-order valence-corrected chi connectivity index (χ4v) is 2.81. The van der Waals surface area contributed by atoms with E-state index in [4.69, 9.17) is 0 Å². The van der Waals surface area contributed by atoms with Gasteiger partial charge in [0, 0.05) is 18.1 Å². The third-order valence-corrected chi connectivity index (χ3v) is 3.85. The highest BCUT2D eigenvalue weighted by Gasteiger charge is 2.18. The molecule has 1 N–H and O–H groups in total. The molecule has 1 aromatic heterocycles. The molecule has 4 rings (SSSR count). The summed E-state index contributed by atoms with van der Waals surface area (Å²) in [7, 11) is 0. The molecular formula is C18H13N3O. The summed E-state index contributed by atoms with van der Waals surface area (Å²) < 4.78 is 0. The number of hydrogen-bond acceptors (Lipinski definition) is 3.